The number of nitrogens with one attached hydrogen (secondary N) is 2. The summed E-state index contributed by atoms with van der Waals surface area (Å²) in [4.78, 5) is 35.7. The van der Waals surface area contributed by atoms with E-state index in [2.05, 4.69) is 10.6 Å². The van der Waals surface area contributed by atoms with Crippen LogP contribution < -0.4 is 15.4 Å². The lowest BCUT2D eigenvalue weighted by Gasteiger charge is -2.25. The van der Waals surface area contributed by atoms with Gasteiger partial charge in [0.1, 0.15) is 5.75 Å². The monoisotopic (exact) mass is 370 g/mol. The van der Waals surface area contributed by atoms with E-state index in [0.29, 0.717) is 22.7 Å². The summed E-state index contributed by atoms with van der Waals surface area (Å²) in [5.74, 6) is -1.43. The zero-order chi connectivity index (χ0) is 20.0. The molecule has 27 heavy (non-hydrogen) atoms. The summed E-state index contributed by atoms with van der Waals surface area (Å²) >= 11 is 0. The van der Waals surface area contributed by atoms with Crippen LogP contribution in [0.25, 0.3) is 0 Å². The number of amides is 2. The van der Waals surface area contributed by atoms with E-state index in [9.17, 15) is 19.5 Å². The van der Waals surface area contributed by atoms with Gasteiger partial charge in [-0.25, -0.2) is 0 Å². The van der Waals surface area contributed by atoms with E-state index in [1.807, 2.05) is 0 Å². The first-order valence-corrected chi connectivity index (χ1v) is 8.30. The summed E-state index contributed by atoms with van der Waals surface area (Å²) in [5.41, 5.74) is -0.0165. The van der Waals surface area contributed by atoms with Gasteiger partial charge in [0.25, 0.3) is 0 Å². The highest BCUT2D eigenvalue weighted by Gasteiger charge is 2.37. The number of rotatable bonds is 7. The smallest absolute Gasteiger partial charge is 0.314 e. The molecule has 0 saturated carbocycles. The Balaban J connectivity index is 2.25. The van der Waals surface area contributed by atoms with E-state index in [1.54, 1.807) is 48.5 Å². The maximum atomic E-state index is 12.6. The lowest BCUT2D eigenvalue weighted by atomic mass is 9.79. The molecular weight excluding hydrogens is 348 g/mol. The van der Waals surface area contributed by atoms with Crippen LogP contribution in [0.5, 0.6) is 5.75 Å². The molecule has 0 saturated heterocycles. The van der Waals surface area contributed by atoms with E-state index in [-0.39, 0.29) is 12.3 Å². The van der Waals surface area contributed by atoms with E-state index in [0.717, 1.165) is 0 Å². The van der Waals surface area contributed by atoms with Crippen molar-refractivity contribution in [3.05, 3.63) is 54.1 Å². The lowest BCUT2D eigenvalue weighted by Crippen LogP contribution is -2.36. The molecular formula is C20H22N2O5. The van der Waals surface area contributed by atoms with Crippen molar-refractivity contribution < 1.29 is 24.2 Å². The van der Waals surface area contributed by atoms with Crippen molar-refractivity contribution in [1.82, 2.24) is 0 Å². The molecule has 7 heteroatoms. The van der Waals surface area contributed by atoms with Crippen LogP contribution in [0.4, 0.5) is 11.4 Å². The molecule has 0 unspecified atom stereocenters. The quantitative estimate of drug-likeness (QED) is 0.695. The Morgan fingerprint density at radius 3 is 2.30 bits per heavy atom. The fourth-order valence-electron chi connectivity index (χ4n) is 2.71. The minimum Gasteiger partial charge on any atom is -0.495 e. The number of carbonyl (C=O) groups is 3. The number of carbonyl (C=O) groups excluding carboxylic acids is 2. The van der Waals surface area contributed by atoms with Gasteiger partial charge in [-0.3, -0.25) is 14.4 Å². The van der Waals surface area contributed by atoms with Crippen LogP contribution in [0.15, 0.2) is 48.5 Å². The predicted molar refractivity (Wildman–Crippen MR) is 102 cm³/mol. The number of methoxy groups -OCH3 is 1. The molecule has 0 aliphatic carbocycles. The first-order chi connectivity index (χ1) is 12.8. The standard InChI is InChI=1S/C20H22N2O5/c1-13(23)21-15-9-10-17(27-3)16(11-15)22-18(24)12-20(2,19(25)26)14-7-5-4-6-8-14/h4-11H,12H2,1-3H3,(H,21,23)(H,22,24)(H,25,26)/t20-/m1/s1. The molecule has 2 aromatic rings. The second kappa shape index (κ2) is 8.35. The van der Waals surface area contributed by atoms with Crippen molar-refractivity contribution in [2.45, 2.75) is 25.7 Å². The highest BCUT2D eigenvalue weighted by Crippen LogP contribution is 2.31. The van der Waals surface area contributed by atoms with Crippen LogP contribution in [-0.4, -0.2) is 30.0 Å². The molecule has 0 radical (unpaired) electrons. The van der Waals surface area contributed by atoms with Crippen LogP contribution in [0.1, 0.15) is 25.8 Å². The van der Waals surface area contributed by atoms with Crippen LogP contribution in [0, 0.1) is 0 Å². The van der Waals surface area contributed by atoms with Crippen molar-refractivity contribution in [1.29, 1.82) is 0 Å². The highest BCUT2D eigenvalue weighted by molar-refractivity contribution is 5.98. The lowest BCUT2D eigenvalue weighted by molar-refractivity contribution is -0.145. The molecule has 0 aliphatic rings. The van der Waals surface area contributed by atoms with Gasteiger partial charge in [-0.2, -0.15) is 0 Å². The highest BCUT2D eigenvalue weighted by atomic mass is 16.5. The summed E-state index contributed by atoms with van der Waals surface area (Å²) in [6, 6.07) is 13.4. The second-order valence-corrected chi connectivity index (χ2v) is 6.32. The summed E-state index contributed by atoms with van der Waals surface area (Å²) in [7, 11) is 1.45. The summed E-state index contributed by atoms with van der Waals surface area (Å²) in [5, 5.41) is 15.0. The maximum absolute atomic E-state index is 12.6. The van der Waals surface area contributed by atoms with Gasteiger partial charge in [0.15, 0.2) is 0 Å². The molecule has 0 bridgehead atoms. The van der Waals surface area contributed by atoms with Crippen molar-refractivity contribution in [3.63, 3.8) is 0 Å². The molecule has 7 nitrogen and oxygen atoms in total. The van der Waals surface area contributed by atoms with Gasteiger partial charge in [-0.15, -0.1) is 0 Å². The van der Waals surface area contributed by atoms with E-state index < -0.39 is 17.3 Å². The van der Waals surface area contributed by atoms with E-state index >= 15 is 0 Å². The number of hydrogen-bond acceptors (Lipinski definition) is 4. The van der Waals surface area contributed by atoms with Crippen molar-refractivity contribution in [2.24, 2.45) is 0 Å². The number of hydrogen-bond donors (Lipinski definition) is 3. The normalized spacial score (nSPS) is 12.6. The zero-order valence-electron chi connectivity index (χ0n) is 15.4. The van der Waals surface area contributed by atoms with Gasteiger partial charge in [0, 0.05) is 19.0 Å². The Hall–Kier alpha value is -3.35. The fourth-order valence-corrected chi connectivity index (χ4v) is 2.71. The summed E-state index contributed by atoms with van der Waals surface area (Å²) in [6.07, 6.45) is -0.264. The van der Waals surface area contributed by atoms with Crippen molar-refractivity contribution in [2.75, 3.05) is 17.7 Å². The minimum absolute atomic E-state index is 0.250. The van der Waals surface area contributed by atoms with E-state index in [4.69, 9.17) is 4.74 Å². The molecule has 2 rings (SSSR count). The number of carboxylic acids is 1. The minimum atomic E-state index is -1.38. The Morgan fingerprint density at radius 1 is 1.07 bits per heavy atom. The molecule has 0 heterocycles. The van der Waals surface area contributed by atoms with Gasteiger partial charge in [-0.1, -0.05) is 30.3 Å². The maximum Gasteiger partial charge on any atom is 0.314 e. The molecule has 1 atom stereocenters. The molecule has 2 aromatic carbocycles. The molecule has 0 aliphatic heterocycles. The molecule has 2 amide bonds. The molecule has 0 fully saturated rings. The molecule has 0 spiro atoms. The van der Waals surface area contributed by atoms with Crippen LogP contribution in [0.2, 0.25) is 0 Å². The Bertz CT molecular complexity index is 851. The number of carboxylic acid groups (broad SMARTS) is 1. The van der Waals surface area contributed by atoms with Gasteiger partial charge in [0.2, 0.25) is 11.8 Å². The average Bonchev–Trinajstić information content (AvgIpc) is 2.62. The first-order valence-electron chi connectivity index (χ1n) is 8.30. The Morgan fingerprint density at radius 2 is 1.74 bits per heavy atom. The van der Waals surface area contributed by atoms with Gasteiger partial charge in [-0.05, 0) is 30.7 Å². The summed E-state index contributed by atoms with van der Waals surface area (Å²) in [6.45, 7) is 2.88. The predicted octanol–water partition coefficient (Wildman–Crippen LogP) is 3.02. The van der Waals surface area contributed by atoms with Crippen LogP contribution >= 0.6 is 0 Å². The topological polar surface area (TPSA) is 105 Å². The van der Waals surface area contributed by atoms with Crippen molar-refractivity contribution in [3.8, 4) is 5.75 Å². The van der Waals surface area contributed by atoms with E-state index in [1.165, 1.54) is 21.0 Å². The molecule has 0 aromatic heterocycles. The average molecular weight is 370 g/mol. The molecule has 3 N–H and O–H groups in total. The Kier molecular flexibility index (Phi) is 6.18. The van der Waals surface area contributed by atoms with Gasteiger partial charge in [0.05, 0.1) is 18.2 Å². The largest absolute Gasteiger partial charge is 0.495 e. The van der Waals surface area contributed by atoms with Crippen LogP contribution in [0.3, 0.4) is 0 Å². The van der Waals surface area contributed by atoms with Gasteiger partial charge < -0.3 is 20.5 Å². The fraction of sp³-hybridized carbons (Fsp3) is 0.250. The molecule has 142 valence electrons. The SMILES string of the molecule is COc1ccc(NC(C)=O)cc1NC(=O)C[C@@](C)(C(=O)O)c1ccccc1. The zero-order valence-corrected chi connectivity index (χ0v) is 15.4. The number of anilines is 2. The number of aliphatic carboxylic acids is 1. The van der Waals surface area contributed by atoms with Gasteiger partial charge >= 0.3 is 5.97 Å². The third-order valence-corrected chi connectivity index (χ3v) is 4.19. The Labute approximate surface area is 157 Å². The number of ether oxygens (including phenoxy) is 1. The van der Waals surface area contributed by atoms with Crippen molar-refractivity contribution >= 4 is 29.2 Å². The summed E-state index contributed by atoms with van der Waals surface area (Å²) < 4.78 is 5.22. The second-order valence-electron chi connectivity index (χ2n) is 6.32. The number of benzene rings is 2. The first kappa shape index (κ1) is 20.0. The van der Waals surface area contributed by atoms with Crippen LogP contribution in [-0.2, 0) is 19.8 Å². The third-order valence-electron chi connectivity index (χ3n) is 4.19. The third kappa shape index (κ3) is 4.84.